The van der Waals surface area contributed by atoms with E-state index in [9.17, 15) is 9.90 Å². The summed E-state index contributed by atoms with van der Waals surface area (Å²) in [4.78, 5) is 14.7. The standard InChI is InChI=1S/C14H29N3O2/c1-10-7-16(15)8-11(2)17(10)12(18)13(3,4)9-14(5,6)19/h10-11,19H,7-9,15H2,1-6H3/t10-,11+. The maximum atomic E-state index is 12.8. The Bertz CT molecular complexity index is 324. The molecule has 0 bridgehead atoms. The van der Waals surface area contributed by atoms with Gasteiger partial charge in [0.2, 0.25) is 5.91 Å². The van der Waals surface area contributed by atoms with E-state index in [1.54, 1.807) is 18.9 Å². The molecule has 1 aliphatic heterocycles. The average molecular weight is 271 g/mol. The van der Waals surface area contributed by atoms with Crippen molar-refractivity contribution in [1.82, 2.24) is 9.91 Å². The quantitative estimate of drug-likeness (QED) is 0.750. The molecule has 3 N–H and O–H groups in total. The first-order valence-corrected chi connectivity index (χ1v) is 6.99. The van der Waals surface area contributed by atoms with Gasteiger partial charge in [-0.15, -0.1) is 0 Å². The molecule has 0 radical (unpaired) electrons. The summed E-state index contributed by atoms with van der Waals surface area (Å²) in [6.07, 6.45) is 0.446. The Morgan fingerprint density at radius 3 is 2.00 bits per heavy atom. The van der Waals surface area contributed by atoms with E-state index < -0.39 is 11.0 Å². The molecule has 1 rings (SSSR count). The van der Waals surface area contributed by atoms with Crippen LogP contribution in [0.4, 0.5) is 0 Å². The highest BCUT2D eigenvalue weighted by Crippen LogP contribution is 2.32. The van der Waals surface area contributed by atoms with E-state index in [-0.39, 0.29) is 18.0 Å². The number of hydrazine groups is 1. The number of hydrogen-bond donors (Lipinski definition) is 2. The van der Waals surface area contributed by atoms with Crippen LogP contribution < -0.4 is 5.84 Å². The van der Waals surface area contributed by atoms with Crippen molar-refractivity contribution in [1.29, 1.82) is 0 Å². The maximum absolute atomic E-state index is 12.8. The minimum atomic E-state index is -0.846. The molecule has 0 aromatic rings. The van der Waals surface area contributed by atoms with Crippen molar-refractivity contribution in [3.63, 3.8) is 0 Å². The van der Waals surface area contributed by atoms with Gasteiger partial charge in [-0.2, -0.15) is 0 Å². The molecule has 112 valence electrons. The van der Waals surface area contributed by atoms with Gasteiger partial charge < -0.3 is 10.0 Å². The smallest absolute Gasteiger partial charge is 0.228 e. The van der Waals surface area contributed by atoms with Gasteiger partial charge in [-0.05, 0) is 34.1 Å². The highest BCUT2D eigenvalue weighted by atomic mass is 16.3. The molecule has 1 aliphatic rings. The number of nitrogens with zero attached hydrogens (tertiary/aromatic N) is 2. The maximum Gasteiger partial charge on any atom is 0.228 e. The fraction of sp³-hybridized carbons (Fsp3) is 0.929. The van der Waals surface area contributed by atoms with Crippen LogP contribution in [0.2, 0.25) is 0 Å². The lowest BCUT2D eigenvalue weighted by Gasteiger charge is -2.46. The zero-order valence-corrected chi connectivity index (χ0v) is 13.1. The van der Waals surface area contributed by atoms with Crippen LogP contribution in [0, 0.1) is 5.41 Å². The van der Waals surface area contributed by atoms with Gasteiger partial charge in [0.05, 0.1) is 5.60 Å². The van der Waals surface area contributed by atoms with Crippen LogP contribution >= 0.6 is 0 Å². The van der Waals surface area contributed by atoms with E-state index in [4.69, 9.17) is 5.84 Å². The lowest BCUT2D eigenvalue weighted by atomic mass is 9.80. The second kappa shape index (κ2) is 5.38. The third-order valence-corrected chi connectivity index (χ3v) is 3.64. The zero-order chi connectivity index (χ0) is 15.0. The van der Waals surface area contributed by atoms with Crippen molar-refractivity contribution in [2.75, 3.05) is 13.1 Å². The molecule has 5 nitrogen and oxygen atoms in total. The summed E-state index contributed by atoms with van der Waals surface area (Å²) in [6, 6.07) is 0.199. The molecule has 1 saturated heterocycles. The van der Waals surface area contributed by atoms with Gasteiger partial charge in [0.25, 0.3) is 0 Å². The predicted molar refractivity (Wildman–Crippen MR) is 76.2 cm³/mol. The van der Waals surface area contributed by atoms with Gasteiger partial charge in [-0.25, -0.2) is 5.01 Å². The van der Waals surface area contributed by atoms with Gasteiger partial charge in [-0.1, -0.05) is 13.8 Å². The topological polar surface area (TPSA) is 69.8 Å². The van der Waals surface area contributed by atoms with Crippen molar-refractivity contribution >= 4 is 5.91 Å². The van der Waals surface area contributed by atoms with Crippen LogP contribution in [-0.4, -0.2) is 51.7 Å². The Morgan fingerprint density at radius 2 is 1.63 bits per heavy atom. The third kappa shape index (κ3) is 4.16. The summed E-state index contributed by atoms with van der Waals surface area (Å²) in [5.74, 6) is 5.94. The number of carbonyl (C=O) groups excluding carboxylic acids is 1. The Hall–Kier alpha value is -0.650. The second-order valence-corrected chi connectivity index (χ2v) is 7.24. The van der Waals surface area contributed by atoms with Crippen LogP contribution in [0.25, 0.3) is 0 Å². The lowest BCUT2D eigenvalue weighted by molar-refractivity contribution is -0.151. The number of nitrogens with two attached hydrogens (primary N) is 1. The number of piperazine rings is 1. The summed E-state index contributed by atoms with van der Waals surface area (Å²) >= 11 is 0. The molecular weight excluding hydrogens is 242 g/mol. The van der Waals surface area contributed by atoms with Gasteiger partial charge in [0.1, 0.15) is 0 Å². The molecule has 5 heteroatoms. The molecule has 1 amide bonds. The van der Waals surface area contributed by atoms with E-state index in [1.807, 2.05) is 32.6 Å². The molecule has 0 aliphatic carbocycles. The van der Waals surface area contributed by atoms with Gasteiger partial charge in [0.15, 0.2) is 0 Å². The van der Waals surface area contributed by atoms with E-state index in [1.165, 1.54) is 0 Å². The first-order valence-electron chi connectivity index (χ1n) is 6.99. The molecule has 1 fully saturated rings. The van der Waals surface area contributed by atoms with Crippen molar-refractivity contribution < 1.29 is 9.90 Å². The van der Waals surface area contributed by atoms with Crippen molar-refractivity contribution in [2.24, 2.45) is 11.3 Å². The van der Waals surface area contributed by atoms with E-state index in [0.717, 1.165) is 0 Å². The summed E-state index contributed by atoms with van der Waals surface area (Å²) in [6.45, 7) is 12.7. The highest BCUT2D eigenvalue weighted by Gasteiger charge is 2.41. The summed E-state index contributed by atoms with van der Waals surface area (Å²) in [5, 5.41) is 11.7. The predicted octanol–water partition coefficient (Wildman–Crippen LogP) is 0.969. The minimum Gasteiger partial charge on any atom is -0.390 e. The second-order valence-electron chi connectivity index (χ2n) is 7.24. The molecule has 0 aromatic carbocycles. The van der Waals surface area contributed by atoms with Crippen molar-refractivity contribution in [2.45, 2.75) is 65.6 Å². The lowest BCUT2D eigenvalue weighted by Crippen LogP contribution is -2.62. The summed E-state index contributed by atoms with van der Waals surface area (Å²) in [7, 11) is 0. The van der Waals surface area contributed by atoms with Crippen molar-refractivity contribution in [3.8, 4) is 0 Å². The number of aliphatic hydroxyl groups is 1. The summed E-state index contributed by atoms with van der Waals surface area (Å²) < 4.78 is 0. The SMILES string of the molecule is C[C@@H]1CN(N)C[C@H](C)N1C(=O)C(C)(C)CC(C)(C)O. The molecule has 1 heterocycles. The van der Waals surface area contributed by atoms with Gasteiger partial charge in [0, 0.05) is 30.6 Å². The Balaban J connectivity index is 2.86. The molecule has 0 unspecified atom stereocenters. The van der Waals surface area contributed by atoms with E-state index in [0.29, 0.717) is 19.5 Å². The van der Waals surface area contributed by atoms with Crippen LogP contribution in [0.15, 0.2) is 0 Å². The fourth-order valence-electron chi connectivity index (χ4n) is 3.27. The van der Waals surface area contributed by atoms with Gasteiger partial charge >= 0.3 is 0 Å². The molecule has 0 spiro atoms. The molecule has 0 aromatic heterocycles. The largest absolute Gasteiger partial charge is 0.390 e. The minimum absolute atomic E-state index is 0.0994. The highest BCUT2D eigenvalue weighted by molar-refractivity contribution is 5.82. The van der Waals surface area contributed by atoms with Crippen LogP contribution in [0.3, 0.4) is 0 Å². The number of hydrogen-bond acceptors (Lipinski definition) is 4. The Morgan fingerprint density at radius 1 is 1.21 bits per heavy atom. The molecular formula is C14H29N3O2. The van der Waals surface area contributed by atoms with E-state index >= 15 is 0 Å². The summed E-state index contributed by atoms with van der Waals surface area (Å²) in [5.41, 5.74) is -1.42. The van der Waals surface area contributed by atoms with Crippen LogP contribution in [0.5, 0.6) is 0 Å². The normalized spacial score (nSPS) is 26.6. The van der Waals surface area contributed by atoms with Crippen LogP contribution in [-0.2, 0) is 4.79 Å². The number of rotatable bonds is 3. The molecule has 0 saturated carbocycles. The number of carbonyl (C=O) groups is 1. The Kier molecular flexibility index (Phi) is 4.65. The average Bonchev–Trinajstić information content (AvgIpc) is 2.11. The third-order valence-electron chi connectivity index (χ3n) is 3.64. The molecule has 19 heavy (non-hydrogen) atoms. The van der Waals surface area contributed by atoms with Gasteiger partial charge in [-0.3, -0.25) is 10.6 Å². The zero-order valence-electron chi connectivity index (χ0n) is 13.1. The first kappa shape index (κ1) is 16.4. The first-order chi connectivity index (χ1) is 8.44. The fourth-order valence-corrected chi connectivity index (χ4v) is 3.27. The molecule has 2 atom stereocenters. The van der Waals surface area contributed by atoms with Crippen LogP contribution in [0.1, 0.15) is 48.0 Å². The Labute approximate surface area is 116 Å². The van der Waals surface area contributed by atoms with E-state index in [2.05, 4.69) is 0 Å². The monoisotopic (exact) mass is 271 g/mol. The number of amides is 1. The van der Waals surface area contributed by atoms with Crippen molar-refractivity contribution in [3.05, 3.63) is 0 Å².